The Morgan fingerprint density at radius 1 is 1.38 bits per heavy atom. The van der Waals surface area contributed by atoms with E-state index in [1.54, 1.807) is 4.90 Å². The van der Waals surface area contributed by atoms with Gasteiger partial charge in [0.15, 0.2) is 0 Å². The van der Waals surface area contributed by atoms with E-state index in [2.05, 4.69) is 12.2 Å². The van der Waals surface area contributed by atoms with E-state index in [0.717, 1.165) is 36.8 Å². The second-order valence-electron chi connectivity index (χ2n) is 7.21. The van der Waals surface area contributed by atoms with E-state index in [4.69, 9.17) is 9.68 Å². The summed E-state index contributed by atoms with van der Waals surface area (Å²) < 4.78 is 19.2. The summed E-state index contributed by atoms with van der Waals surface area (Å²) in [5.41, 5.74) is 0.425. The summed E-state index contributed by atoms with van der Waals surface area (Å²) in [6, 6.07) is 9.48. The molecule has 2 amide bonds. The van der Waals surface area contributed by atoms with Gasteiger partial charge in [-0.3, -0.25) is 0 Å². The molecule has 0 saturated heterocycles. The van der Waals surface area contributed by atoms with Crippen LogP contribution in [0.5, 0.6) is 0 Å². The van der Waals surface area contributed by atoms with Crippen LogP contribution in [-0.4, -0.2) is 17.0 Å². The van der Waals surface area contributed by atoms with Gasteiger partial charge in [0.05, 0.1) is 17.8 Å². The van der Waals surface area contributed by atoms with Crippen LogP contribution in [0, 0.1) is 23.1 Å². The van der Waals surface area contributed by atoms with Gasteiger partial charge in [-0.15, -0.1) is 0 Å². The number of nitrogens with zero attached hydrogens (tertiary/aromatic N) is 2. The van der Waals surface area contributed by atoms with Gasteiger partial charge in [-0.2, -0.15) is 5.26 Å². The number of furan rings is 1. The van der Waals surface area contributed by atoms with Crippen molar-refractivity contribution < 1.29 is 13.6 Å². The first kappa shape index (κ1) is 16.6. The van der Waals surface area contributed by atoms with Gasteiger partial charge in [0, 0.05) is 12.0 Å². The maximum Gasteiger partial charge on any atom is 0.322 e. The Kier molecular flexibility index (Phi) is 4.15. The summed E-state index contributed by atoms with van der Waals surface area (Å²) in [6.07, 6.45) is 3.06. The molecule has 2 fully saturated rings. The van der Waals surface area contributed by atoms with Gasteiger partial charge in [0.25, 0.3) is 0 Å². The summed E-state index contributed by atoms with van der Waals surface area (Å²) in [6.45, 7) is 2.59. The second-order valence-corrected chi connectivity index (χ2v) is 7.21. The number of anilines is 1. The van der Waals surface area contributed by atoms with Crippen LogP contribution in [0.15, 0.2) is 34.7 Å². The molecule has 0 aliphatic heterocycles. The zero-order chi connectivity index (χ0) is 18.3. The molecule has 26 heavy (non-hydrogen) atoms. The van der Waals surface area contributed by atoms with E-state index < -0.39 is 5.82 Å². The molecule has 134 valence electrons. The highest BCUT2D eigenvalue weighted by molar-refractivity contribution is 5.91. The van der Waals surface area contributed by atoms with Gasteiger partial charge in [-0.25, -0.2) is 9.18 Å². The molecule has 5 nitrogen and oxygen atoms in total. The number of urea groups is 1. The van der Waals surface area contributed by atoms with E-state index in [1.165, 1.54) is 12.1 Å². The zero-order valence-corrected chi connectivity index (χ0v) is 14.5. The summed E-state index contributed by atoms with van der Waals surface area (Å²) in [4.78, 5) is 14.5. The fourth-order valence-corrected chi connectivity index (χ4v) is 3.22. The molecule has 2 unspecified atom stereocenters. The molecule has 1 N–H and O–H groups in total. The van der Waals surface area contributed by atoms with E-state index in [0.29, 0.717) is 24.1 Å². The van der Waals surface area contributed by atoms with Crippen molar-refractivity contribution in [2.45, 2.75) is 44.7 Å². The first-order chi connectivity index (χ1) is 12.5. The van der Waals surface area contributed by atoms with Crippen molar-refractivity contribution in [3.05, 3.63) is 53.2 Å². The number of nitriles is 1. The smallest absolute Gasteiger partial charge is 0.322 e. The molecule has 1 aromatic heterocycles. The van der Waals surface area contributed by atoms with Crippen LogP contribution < -0.4 is 5.32 Å². The summed E-state index contributed by atoms with van der Waals surface area (Å²) in [5.74, 6) is 2.43. The van der Waals surface area contributed by atoms with E-state index in [-0.39, 0.29) is 17.6 Å². The maximum atomic E-state index is 13.3. The quantitative estimate of drug-likeness (QED) is 0.853. The van der Waals surface area contributed by atoms with Crippen LogP contribution >= 0.6 is 0 Å². The molecule has 2 aromatic rings. The summed E-state index contributed by atoms with van der Waals surface area (Å²) in [7, 11) is 0. The number of nitrogens with one attached hydrogen (secondary N) is 1. The highest BCUT2D eigenvalue weighted by Crippen LogP contribution is 2.47. The Bertz CT molecular complexity index is 881. The zero-order valence-electron chi connectivity index (χ0n) is 14.5. The molecule has 1 aromatic carbocycles. The van der Waals surface area contributed by atoms with Crippen LogP contribution in [-0.2, 0) is 6.54 Å². The van der Waals surface area contributed by atoms with Gasteiger partial charge >= 0.3 is 6.03 Å². The lowest BCUT2D eigenvalue weighted by molar-refractivity contribution is 0.200. The minimum Gasteiger partial charge on any atom is -0.464 e. The number of benzene rings is 1. The molecule has 4 rings (SSSR count). The van der Waals surface area contributed by atoms with Crippen molar-refractivity contribution in [2.75, 3.05) is 5.32 Å². The number of rotatable bonds is 5. The van der Waals surface area contributed by atoms with Crippen LogP contribution in [0.4, 0.5) is 14.9 Å². The number of halogens is 1. The van der Waals surface area contributed by atoms with E-state index in [1.807, 2.05) is 18.2 Å². The van der Waals surface area contributed by atoms with Crippen molar-refractivity contribution in [2.24, 2.45) is 5.92 Å². The topological polar surface area (TPSA) is 69.3 Å². The molecular formula is C20H20FN3O2. The molecule has 1 heterocycles. The van der Waals surface area contributed by atoms with Crippen LogP contribution in [0.2, 0.25) is 0 Å². The number of carbonyl (C=O) groups is 1. The number of hydrogen-bond acceptors (Lipinski definition) is 3. The molecule has 2 saturated carbocycles. The van der Waals surface area contributed by atoms with Gasteiger partial charge in [-0.1, -0.05) is 6.92 Å². The third-order valence-electron chi connectivity index (χ3n) is 5.08. The molecule has 2 atom stereocenters. The monoisotopic (exact) mass is 353 g/mol. The lowest BCUT2D eigenvalue weighted by Gasteiger charge is -2.22. The van der Waals surface area contributed by atoms with Gasteiger partial charge in [-0.05, 0) is 55.5 Å². The Hall–Kier alpha value is -2.81. The Morgan fingerprint density at radius 3 is 2.81 bits per heavy atom. The van der Waals surface area contributed by atoms with Crippen molar-refractivity contribution in [3.8, 4) is 6.07 Å². The molecular weight excluding hydrogens is 333 g/mol. The molecule has 0 spiro atoms. The highest BCUT2D eigenvalue weighted by Gasteiger charge is 2.37. The standard InChI is InChI=1S/C20H20FN3O2/c1-12-8-17(12)19-7-5-16(26-19)11-24(15-3-4-15)20(25)23-18-6-2-14(21)9-13(18)10-22/h2,5-7,9,12,15,17H,3-4,8,11H2,1H3,(H,23,25). The fourth-order valence-electron chi connectivity index (χ4n) is 3.22. The predicted molar refractivity (Wildman–Crippen MR) is 93.9 cm³/mol. The Balaban J connectivity index is 1.47. The van der Waals surface area contributed by atoms with Gasteiger partial charge in [0.1, 0.15) is 23.4 Å². The molecule has 0 bridgehead atoms. The van der Waals surface area contributed by atoms with Gasteiger partial charge in [0.2, 0.25) is 0 Å². The van der Waals surface area contributed by atoms with Crippen LogP contribution in [0.3, 0.4) is 0 Å². The van der Waals surface area contributed by atoms with Crippen LogP contribution in [0.25, 0.3) is 0 Å². The SMILES string of the molecule is CC1CC1c1ccc(CN(C(=O)Nc2ccc(F)cc2C#N)C2CC2)o1. The van der Waals surface area contributed by atoms with Crippen molar-refractivity contribution in [1.29, 1.82) is 5.26 Å². The Morgan fingerprint density at radius 2 is 2.15 bits per heavy atom. The third-order valence-corrected chi connectivity index (χ3v) is 5.08. The Labute approximate surface area is 151 Å². The van der Waals surface area contributed by atoms with Crippen molar-refractivity contribution in [1.82, 2.24) is 4.90 Å². The summed E-state index contributed by atoms with van der Waals surface area (Å²) >= 11 is 0. The number of amides is 2. The normalized spacial score (nSPS) is 21.1. The first-order valence-corrected chi connectivity index (χ1v) is 8.91. The lowest BCUT2D eigenvalue weighted by Crippen LogP contribution is -2.36. The average molecular weight is 353 g/mol. The predicted octanol–water partition coefficient (Wildman–Crippen LogP) is 4.61. The van der Waals surface area contributed by atoms with E-state index >= 15 is 0 Å². The second kappa shape index (κ2) is 6.49. The minimum atomic E-state index is -0.504. The fraction of sp³-hybridized carbons (Fsp3) is 0.400. The molecule has 0 radical (unpaired) electrons. The number of carbonyl (C=O) groups excluding carboxylic acids is 1. The first-order valence-electron chi connectivity index (χ1n) is 8.91. The van der Waals surface area contributed by atoms with E-state index in [9.17, 15) is 9.18 Å². The highest BCUT2D eigenvalue weighted by atomic mass is 19.1. The summed E-state index contributed by atoms with van der Waals surface area (Å²) in [5, 5.41) is 11.9. The third kappa shape index (κ3) is 3.43. The minimum absolute atomic E-state index is 0.108. The average Bonchev–Trinajstić information content (AvgIpc) is 3.54. The molecule has 6 heteroatoms. The lowest BCUT2D eigenvalue weighted by atomic mass is 10.2. The number of hydrogen-bond donors (Lipinski definition) is 1. The molecule has 2 aliphatic carbocycles. The maximum absolute atomic E-state index is 13.3. The van der Waals surface area contributed by atoms with Crippen LogP contribution in [0.1, 0.15) is 49.2 Å². The molecule has 2 aliphatic rings. The largest absolute Gasteiger partial charge is 0.464 e. The van der Waals surface area contributed by atoms with Crippen molar-refractivity contribution >= 4 is 11.7 Å². The van der Waals surface area contributed by atoms with Crippen molar-refractivity contribution in [3.63, 3.8) is 0 Å². The van der Waals surface area contributed by atoms with Gasteiger partial charge < -0.3 is 14.6 Å².